The molecule has 0 saturated carbocycles. The van der Waals surface area contributed by atoms with Crippen molar-refractivity contribution in [1.82, 2.24) is 5.32 Å². The number of amides is 1. The van der Waals surface area contributed by atoms with Gasteiger partial charge in [0.05, 0.1) is 118 Å². The molecule has 0 aliphatic heterocycles. The lowest BCUT2D eigenvalue weighted by atomic mass is 10.6. The Hall–Kier alpha value is -0.410. The summed E-state index contributed by atoms with van der Waals surface area (Å²) in [6.07, 6.45) is 0. The minimum atomic E-state index is -0.0529. The van der Waals surface area contributed by atoms with Crippen molar-refractivity contribution in [3.05, 3.63) is 0 Å². The lowest BCUT2D eigenvalue weighted by molar-refractivity contribution is -0.118. The van der Waals surface area contributed by atoms with E-state index in [1.54, 1.807) is 7.11 Å². The second-order valence-corrected chi connectivity index (χ2v) is 6.94. The number of carbonyl (C=O) groups is 1. The SMILES string of the molecule is COCCOCCOCCOCCOCCOCCOCCOCCOCCNC(=O)CBr. The molecule has 0 bridgehead atoms. The monoisotopic (exact) mass is 547 g/mol. The second kappa shape index (κ2) is 29.6. The minimum absolute atomic E-state index is 0.0529. The van der Waals surface area contributed by atoms with Gasteiger partial charge in [0, 0.05) is 13.7 Å². The summed E-state index contributed by atoms with van der Waals surface area (Å²) < 4.78 is 47.9. The van der Waals surface area contributed by atoms with Crippen LogP contribution in [-0.4, -0.2) is 137 Å². The van der Waals surface area contributed by atoms with Gasteiger partial charge in [0.2, 0.25) is 5.91 Å². The Balaban J connectivity index is 3.02. The first-order chi connectivity index (χ1) is 16.3. The maximum atomic E-state index is 11.0. The van der Waals surface area contributed by atoms with E-state index < -0.39 is 0 Å². The highest BCUT2D eigenvalue weighted by molar-refractivity contribution is 9.09. The molecule has 0 saturated heterocycles. The van der Waals surface area contributed by atoms with Gasteiger partial charge in [0.1, 0.15) is 0 Å². The van der Waals surface area contributed by atoms with Gasteiger partial charge >= 0.3 is 0 Å². The Morgan fingerprint density at radius 1 is 0.515 bits per heavy atom. The van der Waals surface area contributed by atoms with Gasteiger partial charge in [-0.1, -0.05) is 15.9 Å². The second-order valence-electron chi connectivity index (χ2n) is 6.38. The van der Waals surface area contributed by atoms with Gasteiger partial charge in [-0.3, -0.25) is 4.79 Å². The van der Waals surface area contributed by atoms with Crippen LogP contribution in [0.4, 0.5) is 0 Å². The van der Waals surface area contributed by atoms with Crippen molar-refractivity contribution in [2.45, 2.75) is 0 Å². The smallest absolute Gasteiger partial charge is 0.230 e. The van der Waals surface area contributed by atoms with E-state index in [0.717, 1.165) is 0 Å². The molecule has 0 rings (SSSR count). The van der Waals surface area contributed by atoms with Gasteiger partial charge < -0.3 is 47.9 Å². The van der Waals surface area contributed by atoms with Crippen LogP contribution in [0, 0.1) is 0 Å². The molecule has 0 atom stereocenters. The molecule has 0 heterocycles. The molecule has 0 aliphatic rings. The van der Waals surface area contributed by atoms with E-state index >= 15 is 0 Å². The first-order valence-corrected chi connectivity index (χ1v) is 12.4. The molecule has 0 radical (unpaired) electrons. The summed E-state index contributed by atoms with van der Waals surface area (Å²) in [5.41, 5.74) is 0. The van der Waals surface area contributed by atoms with Crippen LogP contribution in [0.15, 0.2) is 0 Å². The molecule has 1 amide bonds. The zero-order chi connectivity index (χ0) is 24.1. The first-order valence-electron chi connectivity index (χ1n) is 11.2. The van der Waals surface area contributed by atoms with Gasteiger partial charge in [-0.05, 0) is 0 Å². The summed E-state index contributed by atoms with van der Waals surface area (Å²) in [7, 11) is 1.64. The molecule has 33 heavy (non-hydrogen) atoms. The van der Waals surface area contributed by atoms with Gasteiger partial charge in [-0.15, -0.1) is 0 Å². The van der Waals surface area contributed by atoms with Gasteiger partial charge in [0.15, 0.2) is 0 Å². The molecular weight excluding hydrogens is 506 g/mol. The largest absolute Gasteiger partial charge is 0.382 e. The number of methoxy groups -OCH3 is 1. The predicted octanol–water partition coefficient (Wildman–Crippen LogP) is 0.277. The number of hydrogen-bond donors (Lipinski definition) is 1. The van der Waals surface area contributed by atoms with Crippen molar-refractivity contribution < 1.29 is 47.4 Å². The molecule has 1 N–H and O–H groups in total. The zero-order valence-electron chi connectivity index (χ0n) is 19.9. The number of halogens is 1. The predicted molar refractivity (Wildman–Crippen MR) is 125 cm³/mol. The lowest BCUT2D eigenvalue weighted by Crippen LogP contribution is -2.28. The normalized spacial score (nSPS) is 11.2. The molecule has 0 aromatic heterocycles. The molecule has 0 unspecified atom stereocenters. The fourth-order valence-electron chi connectivity index (χ4n) is 2.09. The standard InChI is InChI=1S/C21H42BrNO10/c1-25-4-5-27-8-9-29-12-13-31-16-17-33-19-18-32-15-14-30-11-10-28-7-6-26-3-2-23-21(24)20-22/h2-20H2,1H3,(H,23,24). The number of carbonyl (C=O) groups excluding carboxylic acids is 1. The fourth-order valence-corrected chi connectivity index (χ4v) is 2.29. The molecule has 0 aliphatic carbocycles. The zero-order valence-corrected chi connectivity index (χ0v) is 21.5. The Kier molecular flexibility index (Phi) is 29.3. The van der Waals surface area contributed by atoms with Crippen LogP contribution >= 0.6 is 15.9 Å². The van der Waals surface area contributed by atoms with E-state index in [4.69, 9.17) is 42.6 Å². The number of alkyl halides is 1. The maximum absolute atomic E-state index is 11.0. The van der Waals surface area contributed by atoms with Crippen LogP contribution in [0.25, 0.3) is 0 Å². The third-order valence-corrected chi connectivity index (χ3v) is 4.24. The Morgan fingerprint density at radius 3 is 1.06 bits per heavy atom. The molecular formula is C21H42BrNO10. The molecule has 0 spiro atoms. The van der Waals surface area contributed by atoms with E-state index in [2.05, 4.69) is 21.2 Å². The molecule has 198 valence electrons. The maximum Gasteiger partial charge on any atom is 0.230 e. The lowest BCUT2D eigenvalue weighted by Gasteiger charge is -2.09. The van der Waals surface area contributed by atoms with E-state index in [-0.39, 0.29) is 5.91 Å². The summed E-state index contributed by atoms with van der Waals surface area (Å²) >= 11 is 3.07. The van der Waals surface area contributed by atoms with E-state index in [1.165, 1.54) is 0 Å². The molecule has 0 aromatic rings. The Bertz CT molecular complexity index is 396. The van der Waals surface area contributed by atoms with Gasteiger partial charge in [-0.2, -0.15) is 0 Å². The topological polar surface area (TPSA) is 112 Å². The van der Waals surface area contributed by atoms with Gasteiger partial charge in [0.25, 0.3) is 0 Å². The highest BCUT2D eigenvalue weighted by Crippen LogP contribution is 1.86. The molecule has 11 nitrogen and oxygen atoms in total. The van der Waals surface area contributed by atoms with Crippen molar-refractivity contribution >= 4 is 21.8 Å². The summed E-state index contributed by atoms with van der Waals surface area (Å²) in [6, 6.07) is 0. The molecule has 0 fully saturated rings. The van der Waals surface area contributed by atoms with Crippen LogP contribution < -0.4 is 5.32 Å². The molecule has 12 heteroatoms. The number of rotatable bonds is 28. The Labute approximate surface area is 206 Å². The van der Waals surface area contributed by atoms with Crippen molar-refractivity contribution in [3.8, 4) is 0 Å². The highest BCUT2D eigenvalue weighted by atomic mass is 79.9. The van der Waals surface area contributed by atoms with Crippen LogP contribution in [-0.2, 0) is 47.4 Å². The number of hydrogen-bond acceptors (Lipinski definition) is 10. The average Bonchev–Trinajstić information content (AvgIpc) is 2.83. The van der Waals surface area contributed by atoms with Gasteiger partial charge in [-0.25, -0.2) is 0 Å². The van der Waals surface area contributed by atoms with Crippen LogP contribution in [0.3, 0.4) is 0 Å². The average molecular weight is 548 g/mol. The van der Waals surface area contributed by atoms with Crippen molar-refractivity contribution in [1.29, 1.82) is 0 Å². The summed E-state index contributed by atoms with van der Waals surface area (Å²) in [5, 5.41) is 2.99. The Morgan fingerprint density at radius 2 is 0.788 bits per heavy atom. The van der Waals surface area contributed by atoms with E-state index in [9.17, 15) is 4.79 Å². The van der Waals surface area contributed by atoms with Crippen molar-refractivity contribution in [2.24, 2.45) is 0 Å². The summed E-state index contributed by atoms with van der Waals surface area (Å²) in [6.45, 7) is 9.38. The summed E-state index contributed by atoms with van der Waals surface area (Å²) in [4.78, 5) is 11.0. The highest BCUT2D eigenvalue weighted by Gasteiger charge is 1.97. The van der Waals surface area contributed by atoms with Crippen molar-refractivity contribution in [2.75, 3.05) is 131 Å². The van der Waals surface area contributed by atoms with Crippen LogP contribution in [0.1, 0.15) is 0 Å². The fraction of sp³-hybridized carbons (Fsp3) is 0.952. The quantitative estimate of drug-likeness (QED) is 0.108. The third kappa shape index (κ3) is 29.6. The van der Waals surface area contributed by atoms with Crippen molar-refractivity contribution in [3.63, 3.8) is 0 Å². The summed E-state index contributed by atoms with van der Waals surface area (Å²) in [5.74, 6) is -0.0529. The first kappa shape index (κ1) is 32.6. The van der Waals surface area contributed by atoms with Crippen LogP contribution in [0.2, 0.25) is 0 Å². The molecule has 0 aromatic carbocycles. The third-order valence-electron chi connectivity index (χ3n) is 3.73. The van der Waals surface area contributed by atoms with Crippen LogP contribution in [0.5, 0.6) is 0 Å². The minimum Gasteiger partial charge on any atom is -0.382 e. The van der Waals surface area contributed by atoms with E-state index in [1.807, 2.05) is 0 Å². The number of ether oxygens (including phenoxy) is 9. The number of nitrogens with one attached hydrogen (secondary N) is 1. The van der Waals surface area contributed by atoms with E-state index in [0.29, 0.717) is 124 Å².